The minimum Gasteiger partial charge on any atom is -0.333 e. The van der Waals surface area contributed by atoms with E-state index in [1.54, 1.807) is 6.07 Å². The smallest absolute Gasteiger partial charge is 0.255 e. The van der Waals surface area contributed by atoms with Gasteiger partial charge in [-0.05, 0) is 25.0 Å². The van der Waals surface area contributed by atoms with Crippen LogP contribution < -0.4 is 5.32 Å². The Balaban J connectivity index is 2.27. The third-order valence-electron chi connectivity index (χ3n) is 3.91. The number of amides is 1. The lowest BCUT2D eigenvalue weighted by atomic mass is 10.0. The van der Waals surface area contributed by atoms with Crippen molar-refractivity contribution in [2.45, 2.75) is 38.8 Å². The maximum Gasteiger partial charge on any atom is 0.255 e. The van der Waals surface area contributed by atoms with E-state index in [0.29, 0.717) is 6.54 Å². The van der Waals surface area contributed by atoms with Gasteiger partial charge in [-0.15, -0.1) is 0 Å². The minimum atomic E-state index is -0.548. The highest BCUT2D eigenvalue weighted by Gasteiger charge is 2.31. The van der Waals surface area contributed by atoms with E-state index in [-0.39, 0.29) is 28.6 Å². The molecule has 0 radical (unpaired) electrons. The lowest BCUT2D eigenvalue weighted by Crippen LogP contribution is -2.57. The zero-order chi connectivity index (χ0) is 14.7. The van der Waals surface area contributed by atoms with Gasteiger partial charge in [-0.1, -0.05) is 31.5 Å². The van der Waals surface area contributed by atoms with Crippen molar-refractivity contribution in [1.29, 1.82) is 0 Å². The summed E-state index contributed by atoms with van der Waals surface area (Å²) in [6.45, 7) is 5.54. The molecule has 1 heterocycles. The molecule has 1 aromatic carbocycles. The van der Waals surface area contributed by atoms with Crippen molar-refractivity contribution in [2.75, 3.05) is 13.1 Å². The molecule has 1 aliphatic rings. The fourth-order valence-electron chi connectivity index (χ4n) is 2.57. The van der Waals surface area contributed by atoms with Gasteiger partial charge < -0.3 is 10.2 Å². The number of hydrogen-bond donors (Lipinski definition) is 1. The van der Waals surface area contributed by atoms with Crippen molar-refractivity contribution in [2.24, 2.45) is 0 Å². The summed E-state index contributed by atoms with van der Waals surface area (Å²) in [5.41, 5.74) is 0.252. The number of carbonyl (C=O) groups is 1. The number of nitrogens with one attached hydrogen (secondary N) is 1. The number of halogens is 2. The third kappa shape index (κ3) is 2.96. The molecule has 0 bridgehead atoms. The average Bonchev–Trinajstić information content (AvgIpc) is 2.48. The van der Waals surface area contributed by atoms with Gasteiger partial charge in [-0.3, -0.25) is 4.79 Å². The van der Waals surface area contributed by atoms with E-state index in [2.05, 4.69) is 12.2 Å². The van der Waals surface area contributed by atoms with Crippen LogP contribution in [0.15, 0.2) is 18.2 Å². The second kappa shape index (κ2) is 6.55. The van der Waals surface area contributed by atoms with Crippen LogP contribution in [0.25, 0.3) is 0 Å². The molecule has 0 aromatic heterocycles. The molecule has 0 spiro atoms. The zero-order valence-corrected chi connectivity index (χ0v) is 12.6. The van der Waals surface area contributed by atoms with Gasteiger partial charge >= 0.3 is 0 Å². The van der Waals surface area contributed by atoms with Gasteiger partial charge in [0.25, 0.3) is 5.91 Å². The highest BCUT2D eigenvalue weighted by molar-refractivity contribution is 6.34. The molecular formula is C15H20ClFN2O. The first kappa shape index (κ1) is 15.3. The maximum absolute atomic E-state index is 13.5. The molecule has 5 heteroatoms. The van der Waals surface area contributed by atoms with Crippen LogP contribution in [0.1, 0.15) is 37.0 Å². The second-order valence-corrected chi connectivity index (χ2v) is 5.51. The molecule has 0 aliphatic carbocycles. The van der Waals surface area contributed by atoms with Gasteiger partial charge in [0.05, 0.1) is 10.6 Å². The molecule has 0 saturated carbocycles. The summed E-state index contributed by atoms with van der Waals surface area (Å²) in [6.07, 6.45) is 1.82. The van der Waals surface area contributed by atoms with Gasteiger partial charge in [-0.2, -0.15) is 0 Å². The predicted molar refractivity (Wildman–Crippen MR) is 78.6 cm³/mol. The Morgan fingerprint density at radius 3 is 2.85 bits per heavy atom. The van der Waals surface area contributed by atoms with Gasteiger partial charge in [0.1, 0.15) is 5.82 Å². The van der Waals surface area contributed by atoms with Crippen LogP contribution in [-0.2, 0) is 0 Å². The SMILES string of the molecule is CCC1CN(C(=O)c2cccc(F)c2Cl)C(CC)CN1. The molecule has 1 aliphatic heterocycles. The van der Waals surface area contributed by atoms with Crippen LogP contribution >= 0.6 is 11.6 Å². The van der Waals surface area contributed by atoms with Crippen molar-refractivity contribution in [3.63, 3.8) is 0 Å². The molecule has 2 atom stereocenters. The molecule has 1 fully saturated rings. The number of carbonyl (C=O) groups excluding carboxylic acids is 1. The van der Waals surface area contributed by atoms with E-state index in [1.165, 1.54) is 12.1 Å². The monoisotopic (exact) mass is 298 g/mol. The Kier molecular flexibility index (Phi) is 5.00. The highest BCUT2D eigenvalue weighted by atomic mass is 35.5. The van der Waals surface area contributed by atoms with E-state index in [0.717, 1.165) is 19.4 Å². The standard InChI is InChI=1S/C15H20ClFN2O/c1-3-10-9-19(11(4-2)8-18-10)15(20)12-6-5-7-13(17)14(12)16/h5-7,10-11,18H,3-4,8-9H2,1-2H3. The largest absolute Gasteiger partial charge is 0.333 e. The van der Waals surface area contributed by atoms with E-state index < -0.39 is 5.82 Å². The van der Waals surface area contributed by atoms with Crippen LogP contribution in [0.5, 0.6) is 0 Å². The lowest BCUT2D eigenvalue weighted by Gasteiger charge is -2.40. The van der Waals surface area contributed by atoms with Crippen LogP contribution in [0.4, 0.5) is 4.39 Å². The second-order valence-electron chi connectivity index (χ2n) is 5.13. The summed E-state index contributed by atoms with van der Waals surface area (Å²) in [4.78, 5) is 14.5. The highest BCUT2D eigenvalue weighted by Crippen LogP contribution is 2.23. The van der Waals surface area contributed by atoms with E-state index >= 15 is 0 Å². The Labute approximate surface area is 124 Å². The molecule has 1 aromatic rings. The van der Waals surface area contributed by atoms with Crippen LogP contribution in [0, 0.1) is 5.82 Å². The minimum absolute atomic E-state index is 0.0843. The van der Waals surface area contributed by atoms with Crippen LogP contribution in [0.2, 0.25) is 5.02 Å². The fraction of sp³-hybridized carbons (Fsp3) is 0.533. The van der Waals surface area contributed by atoms with E-state index in [9.17, 15) is 9.18 Å². The van der Waals surface area contributed by atoms with E-state index in [1.807, 2.05) is 11.8 Å². The number of piperazine rings is 1. The lowest BCUT2D eigenvalue weighted by molar-refractivity contribution is 0.0575. The topological polar surface area (TPSA) is 32.3 Å². The summed E-state index contributed by atoms with van der Waals surface area (Å²) in [6, 6.07) is 4.79. The molecular weight excluding hydrogens is 279 g/mol. The maximum atomic E-state index is 13.5. The predicted octanol–water partition coefficient (Wildman–Crippen LogP) is 3.08. The Hall–Kier alpha value is -1.13. The number of nitrogens with zero attached hydrogens (tertiary/aromatic N) is 1. The van der Waals surface area contributed by atoms with Crippen molar-refractivity contribution in [3.05, 3.63) is 34.6 Å². The van der Waals surface area contributed by atoms with E-state index in [4.69, 9.17) is 11.6 Å². The summed E-state index contributed by atoms with van der Waals surface area (Å²) >= 11 is 5.93. The normalized spacial score (nSPS) is 22.9. The number of rotatable bonds is 3. The average molecular weight is 299 g/mol. The molecule has 3 nitrogen and oxygen atoms in total. The first-order chi connectivity index (χ1) is 9.58. The van der Waals surface area contributed by atoms with Crippen molar-refractivity contribution in [1.82, 2.24) is 10.2 Å². The van der Waals surface area contributed by atoms with Crippen molar-refractivity contribution >= 4 is 17.5 Å². The molecule has 2 unspecified atom stereocenters. The summed E-state index contributed by atoms with van der Waals surface area (Å²) < 4.78 is 13.5. The van der Waals surface area contributed by atoms with Gasteiger partial charge in [0.2, 0.25) is 0 Å². The molecule has 110 valence electrons. The number of hydrogen-bond acceptors (Lipinski definition) is 2. The summed E-state index contributed by atoms with van der Waals surface area (Å²) in [5.74, 6) is -0.728. The number of benzene rings is 1. The molecule has 20 heavy (non-hydrogen) atoms. The summed E-state index contributed by atoms with van der Waals surface area (Å²) in [5, 5.41) is 3.35. The third-order valence-corrected chi connectivity index (χ3v) is 4.29. The van der Waals surface area contributed by atoms with Gasteiger partial charge in [0, 0.05) is 25.2 Å². The first-order valence-electron chi connectivity index (χ1n) is 7.06. The molecule has 1 saturated heterocycles. The van der Waals surface area contributed by atoms with Gasteiger partial charge in [0.15, 0.2) is 0 Å². The first-order valence-corrected chi connectivity index (χ1v) is 7.44. The van der Waals surface area contributed by atoms with Gasteiger partial charge in [-0.25, -0.2) is 4.39 Å². The Bertz CT molecular complexity index is 495. The summed E-state index contributed by atoms with van der Waals surface area (Å²) in [7, 11) is 0. The van der Waals surface area contributed by atoms with Crippen LogP contribution in [0.3, 0.4) is 0 Å². The zero-order valence-electron chi connectivity index (χ0n) is 11.8. The quantitative estimate of drug-likeness (QED) is 0.930. The molecule has 1 N–H and O–H groups in total. The molecule has 1 amide bonds. The Morgan fingerprint density at radius 1 is 1.45 bits per heavy atom. The van der Waals surface area contributed by atoms with Crippen LogP contribution in [-0.4, -0.2) is 36.0 Å². The van der Waals surface area contributed by atoms with Crippen molar-refractivity contribution < 1.29 is 9.18 Å². The fourth-order valence-corrected chi connectivity index (χ4v) is 2.78. The Morgan fingerprint density at radius 2 is 2.20 bits per heavy atom. The molecule has 2 rings (SSSR count). The van der Waals surface area contributed by atoms with Crippen molar-refractivity contribution in [3.8, 4) is 0 Å².